The molecule has 0 radical (unpaired) electrons. The summed E-state index contributed by atoms with van der Waals surface area (Å²) in [5, 5.41) is 3.21. The Balaban J connectivity index is 1.69. The fraction of sp³-hybridized carbons (Fsp3) is 0.350. The van der Waals surface area contributed by atoms with Crippen LogP contribution < -0.4 is 5.32 Å². The number of nitrogens with one attached hydrogen (secondary N) is 1. The van der Waals surface area contributed by atoms with E-state index in [-0.39, 0.29) is 11.9 Å². The van der Waals surface area contributed by atoms with Crippen molar-refractivity contribution in [2.45, 2.75) is 37.1 Å². The van der Waals surface area contributed by atoms with Gasteiger partial charge in [0.2, 0.25) is 5.91 Å². The van der Waals surface area contributed by atoms with E-state index in [2.05, 4.69) is 30.4 Å². The highest BCUT2D eigenvalue weighted by atomic mass is 32.2. The van der Waals surface area contributed by atoms with E-state index in [1.54, 1.807) is 6.26 Å². The zero-order valence-electron chi connectivity index (χ0n) is 14.1. The van der Waals surface area contributed by atoms with Gasteiger partial charge in [0.05, 0.1) is 12.5 Å². The molecule has 0 bridgehead atoms. The summed E-state index contributed by atoms with van der Waals surface area (Å²) in [5.41, 5.74) is 3.54. The maximum Gasteiger partial charge on any atom is 0.224 e. The van der Waals surface area contributed by atoms with Crippen molar-refractivity contribution in [3.05, 3.63) is 65.2 Å². The molecule has 0 unspecified atom stereocenters. The molecule has 24 heavy (non-hydrogen) atoms. The van der Waals surface area contributed by atoms with Crippen molar-refractivity contribution in [3.8, 4) is 0 Å². The molecule has 1 aliphatic carbocycles. The van der Waals surface area contributed by atoms with Gasteiger partial charge in [-0.3, -0.25) is 9.00 Å². The SMILES string of the molecule is C[C@@H]1CCc2ccccc2[C@@H]1NC(=O)Cc1ccc([S@](C)=O)cc1. The van der Waals surface area contributed by atoms with E-state index >= 15 is 0 Å². The first-order valence-electron chi connectivity index (χ1n) is 8.34. The smallest absolute Gasteiger partial charge is 0.224 e. The molecule has 2 aromatic rings. The normalized spacial score (nSPS) is 20.9. The summed E-state index contributed by atoms with van der Waals surface area (Å²) in [4.78, 5) is 13.3. The Morgan fingerprint density at radius 1 is 1.17 bits per heavy atom. The van der Waals surface area contributed by atoms with Crippen molar-refractivity contribution in [3.63, 3.8) is 0 Å². The van der Waals surface area contributed by atoms with Crippen LogP contribution in [0.2, 0.25) is 0 Å². The van der Waals surface area contributed by atoms with E-state index in [4.69, 9.17) is 0 Å². The molecule has 0 heterocycles. The summed E-state index contributed by atoms with van der Waals surface area (Å²) in [6.07, 6.45) is 4.18. The van der Waals surface area contributed by atoms with Gasteiger partial charge in [-0.05, 0) is 47.6 Å². The molecule has 3 atom stereocenters. The molecule has 1 amide bonds. The van der Waals surface area contributed by atoms with Crippen LogP contribution in [-0.2, 0) is 28.4 Å². The van der Waals surface area contributed by atoms with Gasteiger partial charge in [-0.2, -0.15) is 0 Å². The van der Waals surface area contributed by atoms with E-state index < -0.39 is 10.8 Å². The van der Waals surface area contributed by atoms with Gasteiger partial charge in [-0.1, -0.05) is 43.3 Å². The van der Waals surface area contributed by atoms with Crippen molar-refractivity contribution in [2.24, 2.45) is 5.92 Å². The molecule has 0 fully saturated rings. The first-order chi connectivity index (χ1) is 11.5. The van der Waals surface area contributed by atoms with Crippen LogP contribution in [-0.4, -0.2) is 16.4 Å². The van der Waals surface area contributed by atoms with Crippen molar-refractivity contribution >= 4 is 16.7 Å². The van der Waals surface area contributed by atoms with Gasteiger partial charge < -0.3 is 5.32 Å². The molecule has 0 saturated carbocycles. The Bertz CT molecular complexity index is 754. The van der Waals surface area contributed by atoms with E-state index in [1.165, 1.54) is 11.1 Å². The lowest BCUT2D eigenvalue weighted by Crippen LogP contribution is -2.36. The highest BCUT2D eigenvalue weighted by molar-refractivity contribution is 7.84. The zero-order valence-corrected chi connectivity index (χ0v) is 14.9. The van der Waals surface area contributed by atoms with Crippen molar-refractivity contribution in [2.75, 3.05) is 6.26 Å². The van der Waals surface area contributed by atoms with Gasteiger partial charge >= 0.3 is 0 Å². The van der Waals surface area contributed by atoms with E-state index in [1.807, 2.05) is 30.3 Å². The number of hydrogen-bond donors (Lipinski definition) is 1. The molecular weight excluding hydrogens is 318 g/mol. The van der Waals surface area contributed by atoms with Crippen LogP contribution in [0, 0.1) is 5.92 Å². The minimum atomic E-state index is -0.986. The fourth-order valence-corrected chi connectivity index (χ4v) is 3.87. The lowest BCUT2D eigenvalue weighted by Gasteiger charge is -2.32. The third-order valence-electron chi connectivity index (χ3n) is 4.76. The second-order valence-electron chi connectivity index (χ2n) is 6.53. The molecule has 0 aromatic heterocycles. The Morgan fingerprint density at radius 2 is 1.88 bits per heavy atom. The molecule has 4 heteroatoms. The Labute approximate surface area is 145 Å². The lowest BCUT2D eigenvalue weighted by atomic mass is 9.80. The number of carbonyl (C=O) groups is 1. The van der Waals surface area contributed by atoms with Gasteiger partial charge in [0.15, 0.2) is 0 Å². The fourth-order valence-electron chi connectivity index (χ4n) is 3.35. The van der Waals surface area contributed by atoms with Gasteiger partial charge in [0, 0.05) is 22.0 Å². The van der Waals surface area contributed by atoms with Crippen LogP contribution >= 0.6 is 0 Å². The van der Waals surface area contributed by atoms with Crippen LogP contribution in [0.1, 0.15) is 36.1 Å². The predicted octanol–water partition coefficient (Wildman–Crippen LogP) is 3.41. The molecule has 3 rings (SSSR count). The van der Waals surface area contributed by atoms with Gasteiger partial charge in [0.25, 0.3) is 0 Å². The summed E-state index contributed by atoms with van der Waals surface area (Å²) in [7, 11) is -0.986. The maximum atomic E-state index is 12.5. The second kappa shape index (κ2) is 7.31. The van der Waals surface area contributed by atoms with Crippen LogP contribution in [0.15, 0.2) is 53.4 Å². The molecule has 126 valence electrons. The number of aryl methyl sites for hydroxylation is 1. The number of hydrogen-bond acceptors (Lipinski definition) is 2. The number of rotatable bonds is 4. The molecular formula is C20H23NO2S. The summed E-state index contributed by atoms with van der Waals surface area (Å²) in [6.45, 7) is 2.20. The van der Waals surface area contributed by atoms with Crippen LogP contribution in [0.4, 0.5) is 0 Å². The third-order valence-corrected chi connectivity index (χ3v) is 5.70. The molecule has 0 spiro atoms. The molecule has 2 aromatic carbocycles. The highest BCUT2D eigenvalue weighted by Crippen LogP contribution is 2.34. The van der Waals surface area contributed by atoms with Crippen molar-refractivity contribution in [1.29, 1.82) is 0 Å². The molecule has 0 aliphatic heterocycles. The highest BCUT2D eigenvalue weighted by Gasteiger charge is 2.27. The standard InChI is InChI=1S/C20H23NO2S/c1-14-7-10-16-5-3-4-6-18(16)20(14)21-19(22)13-15-8-11-17(12-9-15)24(2)23/h3-6,8-9,11-12,14,20H,7,10,13H2,1-2H3,(H,21,22)/t14-,20-,24+/m1/s1. The summed E-state index contributed by atoms with van der Waals surface area (Å²) in [6, 6.07) is 15.9. The summed E-state index contributed by atoms with van der Waals surface area (Å²) in [5.74, 6) is 0.475. The number of benzene rings is 2. The van der Waals surface area contributed by atoms with E-state index in [0.29, 0.717) is 12.3 Å². The average Bonchev–Trinajstić information content (AvgIpc) is 2.58. The van der Waals surface area contributed by atoms with E-state index in [9.17, 15) is 9.00 Å². The van der Waals surface area contributed by atoms with E-state index in [0.717, 1.165) is 23.3 Å². The minimum Gasteiger partial charge on any atom is -0.349 e. The minimum absolute atomic E-state index is 0.0360. The topological polar surface area (TPSA) is 46.2 Å². The van der Waals surface area contributed by atoms with Gasteiger partial charge in [-0.15, -0.1) is 0 Å². The van der Waals surface area contributed by atoms with Crippen molar-refractivity contribution in [1.82, 2.24) is 5.32 Å². The third kappa shape index (κ3) is 3.75. The van der Waals surface area contributed by atoms with Gasteiger partial charge in [-0.25, -0.2) is 0 Å². The maximum absolute atomic E-state index is 12.5. The molecule has 0 saturated heterocycles. The number of amides is 1. The predicted molar refractivity (Wildman–Crippen MR) is 97.3 cm³/mol. The average molecular weight is 341 g/mol. The Kier molecular flexibility index (Phi) is 5.14. The largest absolute Gasteiger partial charge is 0.349 e. The molecule has 1 aliphatic rings. The Morgan fingerprint density at radius 3 is 2.58 bits per heavy atom. The van der Waals surface area contributed by atoms with Crippen LogP contribution in [0.3, 0.4) is 0 Å². The number of fused-ring (bicyclic) bond motifs is 1. The summed E-state index contributed by atoms with van der Waals surface area (Å²) >= 11 is 0. The molecule has 1 N–H and O–H groups in total. The Hall–Kier alpha value is -1.94. The second-order valence-corrected chi connectivity index (χ2v) is 7.91. The number of carbonyl (C=O) groups excluding carboxylic acids is 1. The first-order valence-corrected chi connectivity index (χ1v) is 9.90. The first kappa shape index (κ1) is 16.9. The quantitative estimate of drug-likeness (QED) is 0.926. The van der Waals surface area contributed by atoms with Crippen molar-refractivity contribution < 1.29 is 9.00 Å². The summed E-state index contributed by atoms with van der Waals surface area (Å²) < 4.78 is 11.4. The monoisotopic (exact) mass is 341 g/mol. The lowest BCUT2D eigenvalue weighted by molar-refractivity contribution is -0.121. The van der Waals surface area contributed by atoms with Gasteiger partial charge in [0.1, 0.15) is 0 Å². The van der Waals surface area contributed by atoms with Crippen LogP contribution in [0.5, 0.6) is 0 Å². The zero-order chi connectivity index (χ0) is 17.1. The molecule has 3 nitrogen and oxygen atoms in total. The van der Waals surface area contributed by atoms with Crippen LogP contribution in [0.25, 0.3) is 0 Å².